The molecule has 2 unspecified atom stereocenters. The summed E-state index contributed by atoms with van der Waals surface area (Å²) in [4.78, 5) is 2.18. The zero-order valence-electron chi connectivity index (χ0n) is 8.69. The second kappa shape index (κ2) is 3.91. The maximum Gasteiger partial charge on any atom is 0.242 e. The van der Waals surface area contributed by atoms with E-state index in [-0.39, 0.29) is 5.54 Å². The molecule has 78 valence electrons. The predicted molar refractivity (Wildman–Crippen MR) is 50.1 cm³/mol. The molecule has 13 heavy (non-hydrogen) atoms. The van der Waals surface area contributed by atoms with Crippen molar-refractivity contribution in [2.24, 2.45) is 5.92 Å². The standard InChI is InChI=1S/C10H19F2N/c1-4-10(3)6-8(9(11)12)7-13(10)5-2/h8-9H,4-7H2,1-3H3. The predicted octanol–water partition coefficient (Wildman–Crippen LogP) is 2.76. The highest BCUT2D eigenvalue weighted by Crippen LogP contribution is 2.37. The Morgan fingerprint density at radius 2 is 2.08 bits per heavy atom. The van der Waals surface area contributed by atoms with Crippen LogP contribution < -0.4 is 0 Å². The molecule has 1 fully saturated rings. The van der Waals surface area contributed by atoms with Gasteiger partial charge in [-0.05, 0) is 26.3 Å². The van der Waals surface area contributed by atoms with Crippen molar-refractivity contribution in [2.45, 2.75) is 45.6 Å². The fraction of sp³-hybridized carbons (Fsp3) is 1.00. The van der Waals surface area contributed by atoms with Gasteiger partial charge in [-0.3, -0.25) is 4.90 Å². The van der Waals surface area contributed by atoms with Crippen LogP contribution >= 0.6 is 0 Å². The molecule has 0 aromatic carbocycles. The molecule has 0 aromatic rings. The Hall–Kier alpha value is -0.180. The van der Waals surface area contributed by atoms with Crippen LogP contribution in [0.25, 0.3) is 0 Å². The van der Waals surface area contributed by atoms with Gasteiger partial charge in [0.25, 0.3) is 0 Å². The normalized spacial score (nSPS) is 36.0. The van der Waals surface area contributed by atoms with Crippen molar-refractivity contribution in [2.75, 3.05) is 13.1 Å². The minimum Gasteiger partial charge on any atom is -0.298 e. The molecular weight excluding hydrogens is 172 g/mol. The average molecular weight is 191 g/mol. The number of alkyl halides is 2. The molecule has 0 aliphatic carbocycles. The van der Waals surface area contributed by atoms with Gasteiger partial charge in [-0.15, -0.1) is 0 Å². The number of halogens is 2. The molecular formula is C10H19F2N. The average Bonchev–Trinajstić information content (AvgIpc) is 2.44. The van der Waals surface area contributed by atoms with E-state index in [1.807, 2.05) is 6.92 Å². The lowest BCUT2D eigenvalue weighted by molar-refractivity contribution is 0.0810. The first-order valence-electron chi connectivity index (χ1n) is 5.06. The molecule has 1 saturated heterocycles. The van der Waals surface area contributed by atoms with Crippen LogP contribution in [0.2, 0.25) is 0 Å². The number of hydrogen-bond donors (Lipinski definition) is 0. The molecule has 0 bridgehead atoms. The van der Waals surface area contributed by atoms with E-state index in [4.69, 9.17) is 0 Å². The smallest absolute Gasteiger partial charge is 0.242 e. The Bertz CT molecular complexity index is 172. The zero-order chi connectivity index (χ0) is 10.1. The van der Waals surface area contributed by atoms with Crippen molar-refractivity contribution in [3.63, 3.8) is 0 Å². The second-order valence-electron chi connectivity index (χ2n) is 4.19. The summed E-state index contributed by atoms with van der Waals surface area (Å²) in [7, 11) is 0. The molecule has 0 amide bonds. The molecule has 0 radical (unpaired) electrons. The summed E-state index contributed by atoms with van der Waals surface area (Å²) in [6.45, 7) is 7.67. The van der Waals surface area contributed by atoms with Crippen molar-refractivity contribution in [3.05, 3.63) is 0 Å². The molecule has 3 heteroatoms. The molecule has 0 aromatic heterocycles. The van der Waals surface area contributed by atoms with Gasteiger partial charge in [-0.25, -0.2) is 8.78 Å². The van der Waals surface area contributed by atoms with Gasteiger partial charge in [0, 0.05) is 18.0 Å². The van der Waals surface area contributed by atoms with Crippen LogP contribution in [0.3, 0.4) is 0 Å². The molecule has 1 nitrogen and oxygen atoms in total. The highest BCUT2D eigenvalue weighted by molar-refractivity contribution is 4.95. The molecule has 0 spiro atoms. The second-order valence-corrected chi connectivity index (χ2v) is 4.19. The molecule has 1 rings (SSSR count). The highest BCUT2D eigenvalue weighted by atomic mass is 19.3. The zero-order valence-corrected chi connectivity index (χ0v) is 8.69. The van der Waals surface area contributed by atoms with Crippen molar-refractivity contribution in [1.29, 1.82) is 0 Å². The van der Waals surface area contributed by atoms with Crippen molar-refractivity contribution >= 4 is 0 Å². The topological polar surface area (TPSA) is 3.24 Å². The van der Waals surface area contributed by atoms with Gasteiger partial charge < -0.3 is 0 Å². The molecule has 2 atom stereocenters. The minimum atomic E-state index is -2.15. The van der Waals surface area contributed by atoms with Crippen LogP contribution in [0.5, 0.6) is 0 Å². The van der Waals surface area contributed by atoms with Crippen molar-refractivity contribution in [3.8, 4) is 0 Å². The van der Waals surface area contributed by atoms with E-state index in [9.17, 15) is 8.78 Å². The maximum absolute atomic E-state index is 12.5. The molecule has 1 aliphatic heterocycles. The summed E-state index contributed by atoms with van der Waals surface area (Å²) in [5.74, 6) is -0.412. The van der Waals surface area contributed by atoms with Gasteiger partial charge in [0.05, 0.1) is 0 Å². The SMILES string of the molecule is CCN1CC(C(F)F)CC1(C)CC. The fourth-order valence-electron chi connectivity index (χ4n) is 2.31. The quantitative estimate of drug-likeness (QED) is 0.663. The van der Waals surface area contributed by atoms with Gasteiger partial charge in [-0.1, -0.05) is 13.8 Å². The van der Waals surface area contributed by atoms with Crippen LogP contribution in [-0.4, -0.2) is 30.0 Å². The summed E-state index contributed by atoms with van der Waals surface area (Å²) in [5.41, 5.74) is 0.00977. The van der Waals surface area contributed by atoms with Gasteiger partial charge in [-0.2, -0.15) is 0 Å². The van der Waals surface area contributed by atoms with E-state index in [1.165, 1.54) is 0 Å². The van der Waals surface area contributed by atoms with E-state index < -0.39 is 12.3 Å². The number of hydrogen-bond acceptors (Lipinski definition) is 1. The minimum absolute atomic E-state index is 0.00977. The van der Waals surface area contributed by atoms with Gasteiger partial charge in [0.2, 0.25) is 6.43 Å². The third kappa shape index (κ3) is 2.01. The molecule has 0 saturated carbocycles. The monoisotopic (exact) mass is 191 g/mol. The highest BCUT2D eigenvalue weighted by Gasteiger charge is 2.42. The Morgan fingerprint density at radius 1 is 1.46 bits per heavy atom. The van der Waals surface area contributed by atoms with Gasteiger partial charge in [0.1, 0.15) is 0 Å². The van der Waals surface area contributed by atoms with Crippen LogP contribution in [0.4, 0.5) is 8.78 Å². The Kier molecular flexibility index (Phi) is 3.28. The lowest BCUT2D eigenvalue weighted by Gasteiger charge is -2.33. The fourth-order valence-corrected chi connectivity index (χ4v) is 2.31. The lowest BCUT2D eigenvalue weighted by Crippen LogP contribution is -2.40. The molecule has 1 heterocycles. The third-order valence-electron chi connectivity index (χ3n) is 3.42. The molecule has 1 aliphatic rings. The summed E-state index contributed by atoms with van der Waals surface area (Å²) in [5, 5.41) is 0. The van der Waals surface area contributed by atoms with Crippen LogP contribution in [0.15, 0.2) is 0 Å². The first-order valence-corrected chi connectivity index (χ1v) is 5.06. The third-order valence-corrected chi connectivity index (χ3v) is 3.42. The number of rotatable bonds is 3. The van der Waals surface area contributed by atoms with Crippen molar-refractivity contribution in [1.82, 2.24) is 4.90 Å². The van der Waals surface area contributed by atoms with Crippen LogP contribution in [-0.2, 0) is 0 Å². The summed E-state index contributed by atoms with van der Waals surface area (Å²) in [6.07, 6.45) is -0.540. The lowest BCUT2D eigenvalue weighted by atomic mass is 9.92. The Morgan fingerprint density at radius 3 is 2.38 bits per heavy atom. The number of nitrogens with zero attached hydrogens (tertiary/aromatic N) is 1. The van der Waals surface area contributed by atoms with Gasteiger partial charge >= 0.3 is 0 Å². The van der Waals surface area contributed by atoms with Crippen LogP contribution in [0, 0.1) is 5.92 Å². The van der Waals surface area contributed by atoms with E-state index in [1.54, 1.807) is 0 Å². The first-order chi connectivity index (χ1) is 6.03. The van der Waals surface area contributed by atoms with E-state index in [0.717, 1.165) is 13.0 Å². The summed E-state index contributed by atoms with van der Waals surface area (Å²) in [6, 6.07) is 0. The van der Waals surface area contributed by atoms with Crippen molar-refractivity contribution < 1.29 is 8.78 Å². The van der Waals surface area contributed by atoms with Gasteiger partial charge in [0.15, 0.2) is 0 Å². The first kappa shape index (κ1) is 10.9. The van der Waals surface area contributed by atoms with E-state index >= 15 is 0 Å². The summed E-state index contributed by atoms with van der Waals surface area (Å²) >= 11 is 0. The number of likely N-dealkylation sites (tertiary alicyclic amines) is 1. The van der Waals surface area contributed by atoms with Crippen LogP contribution in [0.1, 0.15) is 33.6 Å². The maximum atomic E-state index is 12.5. The largest absolute Gasteiger partial charge is 0.298 e. The Balaban J connectivity index is 2.66. The molecule has 0 N–H and O–H groups in total. The summed E-state index contributed by atoms with van der Waals surface area (Å²) < 4.78 is 25.0. The Labute approximate surface area is 79.1 Å². The van der Waals surface area contributed by atoms with E-state index in [2.05, 4.69) is 18.7 Å². The van der Waals surface area contributed by atoms with E-state index in [0.29, 0.717) is 13.0 Å².